The Morgan fingerprint density at radius 1 is 1.22 bits per heavy atom. The molecule has 0 fully saturated rings. The third-order valence-electron chi connectivity index (χ3n) is 3.60. The van der Waals surface area contributed by atoms with Gasteiger partial charge < -0.3 is 10.2 Å². The Morgan fingerprint density at radius 3 is 2.61 bits per heavy atom. The first-order chi connectivity index (χ1) is 10.9. The molecular formula is C16H20BrN3O3. The maximum absolute atomic E-state index is 12.3. The summed E-state index contributed by atoms with van der Waals surface area (Å²) in [6.07, 6.45) is 0.981. The van der Waals surface area contributed by atoms with E-state index in [4.69, 9.17) is 0 Å². The Bertz CT molecular complexity index is 631. The van der Waals surface area contributed by atoms with Crippen molar-refractivity contribution in [3.05, 3.63) is 33.8 Å². The monoisotopic (exact) mass is 381 g/mol. The second kappa shape index (κ2) is 7.70. The standard InChI is InChI=1S/C16H20BrN3O3/c1-19(2)8-3-7-18-14(21)6-9-20-15(22)12-5-4-11(17)10-13(12)16(20)23/h4-5,10H,3,6-9H2,1-2H3,(H,18,21). The molecule has 3 amide bonds. The van der Waals surface area contributed by atoms with Gasteiger partial charge in [0, 0.05) is 24.0 Å². The fourth-order valence-corrected chi connectivity index (χ4v) is 2.75. The summed E-state index contributed by atoms with van der Waals surface area (Å²) in [5.41, 5.74) is 0.778. The van der Waals surface area contributed by atoms with Crippen LogP contribution in [0, 0.1) is 0 Å². The lowest BCUT2D eigenvalue weighted by Crippen LogP contribution is -2.35. The molecule has 1 aliphatic rings. The van der Waals surface area contributed by atoms with E-state index < -0.39 is 0 Å². The molecule has 2 rings (SSSR count). The topological polar surface area (TPSA) is 69.7 Å². The van der Waals surface area contributed by atoms with Crippen LogP contribution >= 0.6 is 15.9 Å². The molecule has 1 aromatic carbocycles. The van der Waals surface area contributed by atoms with Crippen LogP contribution in [0.2, 0.25) is 0 Å². The molecule has 7 heteroatoms. The zero-order valence-corrected chi connectivity index (χ0v) is 14.9. The fraction of sp³-hybridized carbons (Fsp3) is 0.438. The van der Waals surface area contributed by atoms with Crippen LogP contribution in [-0.2, 0) is 4.79 Å². The molecule has 0 aliphatic carbocycles. The minimum Gasteiger partial charge on any atom is -0.356 e. The quantitative estimate of drug-likeness (QED) is 0.573. The number of benzene rings is 1. The molecule has 1 aromatic rings. The van der Waals surface area contributed by atoms with E-state index in [-0.39, 0.29) is 30.7 Å². The molecule has 1 aliphatic heterocycles. The van der Waals surface area contributed by atoms with E-state index in [9.17, 15) is 14.4 Å². The van der Waals surface area contributed by atoms with Gasteiger partial charge in [0.2, 0.25) is 5.91 Å². The molecule has 0 saturated heterocycles. The zero-order valence-electron chi connectivity index (χ0n) is 13.3. The second-order valence-electron chi connectivity index (χ2n) is 5.71. The summed E-state index contributed by atoms with van der Waals surface area (Å²) in [6, 6.07) is 4.99. The van der Waals surface area contributed by atoms with E-state index in [1.807, 2.05) is 19.0 Å². The molecule has 0 unspecified atom stereocenters. The maximum atomic E-state index is 12.3. The SMILES string of the molecule is CN(C)CCCNC(=O)CCN1C(=O)c2ccc(Br)cc2C1=O. The van der Waals surface area contributed by atoms with Gasteiger partial charge in [-0.15, -0.1) is 0 Å². The first-order valence-corrected chi connectivity index (χ1v) is 8.26. The van der Waals surface area contributed by atoms with Gasteiger partial charge in [0.15, 0.2) is 0 Å². The Balaban J connectivity index is 1.84. The number of imide groups is 1. The van der Waals surface area contributed by atoms with Crippen LogP contribution in [-0.4, -0.2) is 61.3 Å². The molecule has 0 saturated carbocycles. The lowest BCUT2D eigenvalue weighted by atomic mass is 10.1. The van der Waals surface area contributed by atoms with Crippen molar-refractivity contribution >= 4 is 33.7 Å². The highest BCUT2D eigenvalue weighted by molar-refractivity contribution is 9.10. The number of carbonyl (C=O) groups excluding carboxylic acids is 3. The third kappa shape index (κ3) is 4.39. The number of carbonyl (C=O) groups is 3. The number of amides is 3. The molecule has 23 heavy (non-hydrogen) atoms. The molecule has 0 bridgehead atoms. The van der Waals surface area contributed by atoms with Gasteiger partial charge >= 0.3 is 0 Å². The average Bonchev–Trinajstić information content (AvgIpc) is 2.73. The van der Waals surface area contributed by atoms with Gasteiger partial charge in [0.05, 0.1) is 11.1 Å². The summed E-state index contributed by atoms with van der Waals surface area (Å²) < 4.78 is 0.748. The number of hydrogen-bond donors (Lipinski definition) is 1. The molecule has 0 aromatic heterocycles. The van der Waals surface area contributed by atoms with Gasteiger partial charge in [-0.3, -0.25) is 19.3 Å². The number of rotatable bonds is 7. The molecule has 6 nitrogen and oxygen atoms in total. The van der Waals surface area contributed by atoms with Crippen molar-refractivity contribution in [3.63, 3.8) is 0 Å². The van der Waals surface area contributed by atoms with Crippen molar-refractivity contribution in [2.45, 2.75) is 12.8 Å². The minimum absolute atomic E-state index is 0.101. The Kier molecular flexibility index (Phi) is 5.90. The van der Waals surface area contributed by atoms with Gasteiger partial charge in [-0.2, -0.15) is 0 Å². The van der Waals surface area contributed by atoms with Crippen LogP contribution in [0.4, 0.5) is 0 Å². The first-order valence-electron chi connectivity index (χ1n) is 7.47. The molecule has 1 heterocycles. The fourth-order valence-electron chi connectivity index (χ4n) is 2.39. The highest BCUT2D eigenvalue weighted by Gasteiger charge is 2.35. The van der Waals surface area contributed by atoms with Crippen LogP contribution in [0.25, 0.3) is 0 Å². The molecule has 1 N–H and O–H groups in total. The first kappa shape index (κ1) is 17.6. The number of fused-ring (bicyclic) bond motifs is 1. The van der Waals surface area contributed by atoms with E-state index in [2.05, 4.69) is 21.2 Å². The van der Waals surface area contributed by atoms with Crippen molar-refractivity contribution in [1.82, 2.24) is 15.1 Å². The molecule has 0 spiro atoms. The Labute approximate surface area is 143 Å². The smallest absolute Gasteiger partial charge is 0.261 e. The van der Waals surface area contributed by atoms with Crippen LogP contribution < -0.4 is 5.32 Å². The Hall–Kier alpha value is -1.73. The zero-order chi connectivity index (χ0) is 17.0. The lowest BCUT2D eigenvalue weighted by molar-refractivity contribution is -0.121. The second-order valence-corrected chi connectivity index (χ2v) is 6.62. The summed E-state index contributed by atoms with van der Waals surface area (Å²) in [6.45, 7) is 1.59. The van der Waals surface area contributed by atoms with Gasteiger partial charge in [-0.05, 0) is 45.3 Å². The largest absolute Gasteiger partial charge is 0.356 e. The maximum Gasteiger partial charge on any atom is 0.261 e. The predicted octanol–water partition coefficient (Wildman–Crippen LogP) is 1.50. The predicted molar refractivity (Wildman–Crippen MR) is 90.3 cm³/mol. The van der Waals surface area contributed by atoms with E-state index in [0.29, 0.717) is 17.7 Å². The minimum atomic E-state index is -0.341. The molecular weight excluding hydrogens is 362 g/mol. The molecule has 0 atom stereocenters. The van der Waals surface area contributed by atoms with Crippen molar-refractivity contribution in [1.29, 1.82) is 0 Å². The van der Waals surface area contributed by atoms with Crippen molar-refractivity contribution in [3.8, 4) is 0 Å². The van der Waals surface area contributed by atoms with Gasteiger partial charge in [-0.1, -0.05) is 15.9 Å². The highest BCUT2D eigenvalue weighted by Crippen LogP contribution is 2.25. The van der Waals surface area contributed by atoms with E-state index in [1.165, 1.54) is 0 Å². The average molecular weight is 382 g/mol. The van der Waals surface area contributed by atoms with Gasteiger partial charge in [0.25, 0.3) is 11.8 Å². The van der Waals surface area contributed by atoms with Crippen LogP contribution in [0.1, 0.15) is 33.6 Å². The van der Waals surface area contributed by atoms with Gasteiger partial charge in [-0.25, -0.2) is 0 Å². The van der Waals surface area contributed by atoms with Crippen LogP contribution in [0.3, 0.4) is 0 Å². The summed E-state index contributed by atoms with van der Waals surface area (Å²) in [4.78, 5) is 39.5. The number of hydrogen-bond acceptors (Lipinski definition) is 4. The van der Waals surface area contributed by atoms with Crippen LogP contribution in [0.5, 0.6) is 0 Å². The van der Waals surface area contributed by atoms with E-state index in [0.717, 1.165) is 22.3 Å². The van der Waals surface area contributed by atoms with E-state index >= 15 is 0 Å². The molecule has 124 valence electrons. The van der Waals surface area contributed by atoms with Crippen molar-refractivity contribution in [2.75, 3.05) is 33.7 Å². The molecule has 0 radical (unpaired) electrons. The van der Waals surface area contributed by atoms with Gasteiger partial charge in [0.1, 0.15) is 0 Å². The number of halogens is 1. The Morgan fingerprint density at radius 2 is 1.91 bits per heavy atom. The summed E-state index contributed by atoms with van der Waals surface area (Å²) in [5.74, 6) is -0.828. The lowest BCUT2D eigenvalue weighted by Gasteiger charge is -2.14. The summed E-state index contributed by atoms with van der Waals surface area (Å²) >= 11 is 3.29. The summed E-state index contributed by atoms with van der Waals surface area (Å²) in [7, 11) is 3.95. The van der Waals surface area contributed by atoms with Crippen molar-refractivity contribution < 1.29 is 14.4 Å². The van der Waals surface area contributed by atoms with Crippen molar-refractivity contribution in [2.24, 2.45) is 0 Å². The third-order valence-corrected chi connectivity index (χ3v) is 4.09. The normalized spacial score (nSPS) is 13.7. The highest BCUT2D eigenvalue weighted by atomic mass is 79.9. The van der Waals surface area contributed by atoms with Crippen LogP contribution in [0.15, 0.2) is 22.7 Å². The van der Waals surface area contributed by atoms with E-state index in [1.54, 1.807) is 18.2 Å². The number of nitrogens with one attached hydrogen (secondary N) is 1. The summed E-state index contributed by atoms with van der Waals surface area (Å²) in [5, 5.41) is 2.80. The number of nitrogens with zero attached hydrogens (tertiary/aromatic N) is 2.